The molecule has 29 heavy (non-hydrogen) atoms. The Kier molecular flexibility index (Phi) is 6.13. The van der Waals surface area contributed by atoms with Crippen molar-refractivity contribution in [1.82, 2.24) is 9.97 Å². The Labute approximate surface area is 166 Å². The lowest BCUT2D eigenvalue weighted by Gasteiger charge is -2.13. The fourth-order valence-electron chi connectivity index (χ4n) is 2.48. The molecule has 0 aliphatic rings. The first-order valence-electron chi connectivity index (χ1n) is 8.98. The number of carbonyl (C=O) groups excluding carboxylic acids is 3. The highest BCUT2D eigenvalue weighted by molar-refractivity contribution is 5.97. The van der Waals surface area contributed by atoms with E-state index in [4.69, 9.17) is 9.47 Å². The summed E-state index contributed by atoms with van der Waals surface area (Å²) in [5.41, 5.74) is 2.06. The molecular weight excluding hydrogens is 374 g/mol. The SMILES string of the molecule is CCOC(=O)c1ccc(NC(=O)C(C)OC(=O)c2cnc3ccccc3n2)cc1. The summed E-state index contributed by atoms with van der Waals surface area (Å²) in [5, 5.41) is 2.62. The number of para-hydroxylation sites is 2. The molecular formula is C21H19N3O5. The van der Waals surface area contributed by atoms with Crippen LogP contribution in [0.1, 0.15) is 34.7 Å². The van der Waals surface area contributed by atoms with Crippen LogP contribution in [0.25, 0.3) is 11.0 Å². The first kappa shape index (κ1) is 19.9. The smallest absolute Gasteiger partial charge is 0.359 e. The molecule has 1 atom stereocenters. The first-order valence-corrected chi connectivity index (χ1v) is 8.98. The lowest BCUT2D eigenvalue weighted by Crippen LogP contribution is -2.30. The van der Waals surface area contributed by atoms with Crippen LogP contribution in [-0.4, -0.2) is 40.5 Å². The van der Waals surface area contributed by atoms with E-state index in [2.05, 4.69) is 15.3 Å². The van der Waals surface area contributed by atoms with Gasteiger partial charge in [-0.15, -0.1) is 0 Å². The van der Waals surface area contributed by atoms with Gasteiger partial charge in [0, 0.05) is 5.69 Å². The van der Waals surface area contributed by atoms with Gasteiger partial charge in [-0.1, -0.05) is 12.1 Å². The Morgan fingerprint density at radius 2 is 1.69 bits per heavy atom. The number of aromatic nitrogens is 2. The summed E-state index contributed by atoms with van der Waals surface area (Å²) in [6, 6.07) is 13.3. The van der Waals surface area contributed by atoms with Crippen molar-refractivity contribution in [1.29, 1.82) is 0 Å². The number of nitrogens with zero attached hydrogens (tertiary/aromatic N) is 2. The zero-order valence-electron chi connectivity index (χ0n) is 15.9. The Bertz CT molecular complexity index is 1050. The number of rotatable bonds is 6. The van der Waals surface area contributed by atoms with Crippen LogP contribution in [0.5, 0.6) is 0 Å². The van der Waals surface area contributed by atoms with E-state index in [1.54, 1.807) is 37.3 Å². The van der Waals surface area contributed by atoms with Gasteiger partial charge >= 0.3 is 11.9 Å². The summed E-state index contributed by atoms with van der Waals surface area (Å²) in [5.74, 6) is -1.70. The van der Waals surface area contributed by atoms with E-state index in [0.717, 1.165) is 0 Å². The highest BCUT2D eigenvalue weighted by Gasteiger charge is 2.20. The molecule has 1 heterocycles. The number of esters is 2. The van der Waals surface area contributed by atoms with Gasteiger partial charge in [-0.3, -0.25) is 9.78 Å². The van der Waals surface area contributed by atoms with E-state index >= 15 is 0 Å². The quantitative estimate of drug-likeness (QED) is 0.642. The van der Waals surface area contributed by atoms with Crippen molar-refractivity contribution < 1.29 is 23.9 Å². The van der Waals surface area contributed by atoms with Gasteiger partial charge in [0.15, 0.2) is 11.8 Å². The van der Waals surface area contributed by atoms with Crippen LogP contribution < -0.4 is 5.32 Å². The molecule has 1 N–H and O–H groups in total. The summed E-state index contributed by atoms with van der Waals surface area (Å²) in [6.07, 6.45) is 0.254. The molecule has 0 saturated carbocycles. The molecule has 0 radical (unpaired) electrons. The minimum Gasteiger partial charge on any atom is -0.462 e. The third-order valence-electron chi connectivity index (χ3n) is 3.97. The van der Waals surface area contributed by atoms with E-state index in [-0.39, 0.29) is 12.3 Å². The van der Waals surface area contributed by atoms with E-state index in [1.165, 1.54) is 25.3 Å². The molecule has 2 aromatic carbocycles. The predicted octanol–water partition coefficient (Wildman–Crippen LogP) is 2.99. The molecule has 1 unspecified atom stereocenters. The lowest BCUT2D eigenvalue weighted by atomic mass is 10.2. The fourth-order valence-corrected chi connectivity index (χ4v) is 2.48. The van der Waals surface area contributed by atoms with Crippen LogP contribution in [-0.2, 0) is 14.3 Å². The topological polar surface area (TPSA) is 107 Å². The highest BCUT2D eigenvalue weighted by atomic mass is 16.5. The Morgan fingerprint density at radius 3 is 2.38 bits per heavy atom. The first-order chi connectivity index (χ1) is 14.0. The number of hydrogen-bond acceptors (Lipinski definition) is 7. The molecule has 0 aliphatic carbocycles. The van der Waals surface area contributed by atoms with Crippen LogP contribution in [0, 0.1) is 0 Å². The molecule has 0 spiro atoms. The van der Waals surface area contributed by atoms with E-state index in [9.17, 15) is 14.4 Å². The standard InChI is InChI=1S/C21H19N3O5/c1-3-28-20(26)14-8-10-15(11-9-14)23-19(25)13(2)29-21(27)18-12-22-16-6-4-5-7-17(16)24-18/h4-13H,3H2,1-2H3,(H,23,25). The second-order valence-corrected chi connectivity index (χ2v) is 6.08. The molecule has 8 nitrogen and oxygen atoms in total. The Hall–Kier alpha value is -3.81. The van der Waals surface area contributed by atoms with Gasteiger partial charge in [-0.25, -0.2) is 14.6 Å². The van der Waals surface area contributed by atoms with Gasteiger partial charge in [-0.2, -0.15) is 0 Å². The molecule has 0 bridgehead atoms. The minimum atomic E-state index is -1.06. The number of amides is 1. The van der Waals surface area contributed by atoms with Crippen molar-refractivity contribution in [2.24, 2.45) is 0 Å². The summed E-state index contributed by atoms with van der Waals surface area (Å²) >= 11 is 0. The average Bonchev–Trinajstić information content (AvgIpc) is 2.74. The van der Waals surface area contributed by atoms with Gasteiger partial charge in [0.1, 0.15) is 0 Å². The highest BCUT2D eigenvalue weighted by Crippen LogP contribution is 2.13. The van der Waals surface area contributed by atoms with Crippen molar-refractivity contribution in [3.63, 3.8) is 0 Å². The summed E-state index contributed by atoms with van der Waals surface area (Å²) in [6.45, 7) is 3.45. The fraction of sp³-hybridized carbons (Fsp3) is 0.190. The van der Waals surface area contributed by atoms with Crippen LogP contribution in [0.4, 0.5) is 5.69 Å². The normalized spacial score (nSPS) is 11.5. The molecule has 0 saturated heterocycles. The number of nitrogens with one attached hydrogen (secondary N) is 1. The number of hydrogen-bond donors (Lipinski definition) is 1. The lowest BCUT2D eigenvalue weighted by molar-refractivity contribution is -0.123. The zero-order chi connectivity index (χ0) is 20.8. The maximum absolute atomic E-state index is 12.3. The molecule has 3 rings (SSSR count). The second-order valence-electron chi connectivity index (χ2n) is 6.08. The number of carbonyl (C=O) groups is 3. The van der Waals surface area contributed by atoms with Crippen LogP contribution >= 0.6 is 0 Å². The van der Waals surface area contributed by atoms with Crippen LogP contribution in [0.2, 0.25) is 0 Å². The molecule has 0 aliphatic heterocycles. The van der Waals surface area contributed by atoms with Crippen LogP contribution in [0.3, 0.4) is 0 Å². The van der Waals surface area contributed by atoms with E-state index in [0.29, 0.717) is 22.3 Å². The van der Waals surface area contributed by atoms with Gasteiger partial charge in [0.25, 0.3) is 5.91 Å². The van der Waals surface area contributed by atoms with Crippen molar-refractivity contribution in [3.05, 3.63) is 66.0 Å². The van der Waals surface area contributed by atoms with Crippen molar-refractivity contribution >= 4 is 34.6 Å². The van der Waals surface area contributed by atoms with E-state index in [1.807, 2.05) is 6.07 Å². The minimum absolute atomic E-state index is 0.0159. The molecule has 148 valence electrons. The summed E-state index contributed by atoms with van der Waals surface area (Å²) < 4.78 is 10.1. The maximum atomic E-state index is 12.3. The van der Waals surface area contributed by atoms with Gasteiger partial charge in [0.05, 0.1) is 29.4 Å². The van der Waals surface area contributed by atoms with Crippen molar-refractivity contribution in [3.8, 4) is 0 Å². The number of fused-ring (bicyclic) bond motifs is 1. The maximum Gasteiger partial charge on any atom is 0.359 e. The zero-order valence-corrected chi connectivity index (χ0v) is 15.9. The molecule has 0 fully saturated rings. The van der Waals surface area contributed by atoms with Crippen molar-refractivity contribution in [2.45, 2.75) is 20.0 Å². The van der Waals surface area contributed by atoms with Crippen molar-refractivity contribution in [2.75, 3.05) is 11.9 Å². The molecule has 1 aromatic heterocycles. The number of benzene rings is 2. The summed E-state index contributed by atoms with van der Waals surface area (Å²) in [4.78, 5) is 44.6. The monoisotopic (exact) mass is 393 g/mol. The van der Waals surface area contributed by atoms with Crippen LogP contribution in [0.15, 0.2) is 54.7 Å². The third-order valence-corrected chi connectivity index (χ3v) is 3.97. The van der Waals surface area contributed by atoms with E-state index < -0.39 is 23.9 Å². The largest absolute Gasteiger partial charge is 0.462 e. The second kappa shape index (κ2) is 8.92. The number of ether oxygens (including phenoxy) is 2. The number of anilines is 1. The van der Waals surface area contributed by atoms with Gasteiger partial charge < -0.3 is 14.8 Å². The molecule has 1 amide bonds. The van der Waals surface area contributed by atoms with Gasteiger partial charge in [-0.05, 0) is 50.2 Å². The Morgan fingerprint density at radius 1 is 1.00 bits per heavy atom. The summed E-state index contributed by atoms with van der Waals surface area (Å²) in [7, 11) is 0. The Balaban J connectivity index is 1.60. The molecule has 8 heteroatoms. The predicted molar refractivity (Wildman–Crippen MR) is 105 cm³/mol. The average molecular weight is 393 g/mol. The van der Waals surface area contributed by atoms with Gasteiger partial charge in [0.2, 0.25) is 0 Å². The third kappa shape index (κ3) is 4.92. The molecule has 3 aromatic rings.